The summed E-state index contributed by atoms with van der Waals surface area (Å²) in [6.45, 7) is 2.10. The summed E-state index contributed by atoms with van der Waals surface area (Å²) in [5.74, 6) is 0. The average molecular weight is 215 g/mol. The van der Waals surface area contributed by atoms with Gasteiger partial charge in [0.1, 0.15) is 5.69 Å². The van der Waals surface area contributed by atoms with Crippen molar-refractivity contribution in [3.05, 3.63) is 41.5 Å². The van der Waals surface area contributed by atoms with Crippen molar-refractivity contribution >= 4 is 17.0 Å². The largest absolute Gasteiger partial charge is 0.237 e. The molecule has 0 atom stereocenters. The lowest BCUT2D eigenvalue weighted by Crippen LogP contribution is -1.86. The Morgan fingerprint density at radius 2 is 2.27 bits per heavy atom. The van der Waals surface area contributed by atoms with Crippen molar-refractivity contribution in [1.29, 1.82) is 0 Å². The Balaban J connectivity index is 2.19. The van der Waals surface area contributed by atoms with Crippen LogP contribution in [0.1, 0.15) is 4.88 Å². The molecule has 0 radical (unpaired) electrons. The summed E-state index contributed by atoms with van der Waals surface area (Å²) >= 11 is 1.75. The first-order chi connectivity index (χ1) is 7.33. The van der Waals surface area contributed by atoms with Gasteiger partial charge in [-0.3, -0.25) is 0 Å². The lowest BCUT2D eigenvalue weighted by molar-refractivity contribution is 0.944. The molecule has 0 aliphatic rings. The van der Waals surface area contributed by atoms with Crippen LogP contribution in [0.15, 0.2) is 36.7 Å². The van der Waals surface area contributed by atoms with Gasteiger partial charge in [-0.2, -0.15) is 5.10 Å². The quantitative estimate of drug-likeness (QED) is 0.624. The third-order valence-corrected chi connectivity index (χ3v) is 3.25. The standard InChI is InChI=1S/C11H9N3S/c1-8-3-4-10(15-8)9-7-11-12-5-2-6-14(11)13-9/h2-7H,1H3. The third-order valence-electron chi connectivity index (χ3n) is 2.23. The molecule has 0 N–H and O–H groups in total. The first-order valence-electron chi connectivity index (χ1n) is 4.70. The van der Waals surface area contributed by atoms with Gasteiger partial charge < -0.3 is 0 Å². The van der Waals surface area contributed by atoms with Crippen molar-refractivity contribution in [3.63, 3.8) is 0 Å². The highest BCUT2D eigenvalue weighted by Gasteiger charge is 2.06. The zero-order valence-electron chi connectivity index (χ0n) is 8.21. The van der Waals surface area contributed by atoms with Gasteiger partial charge in [-0.05, 0) is 25.1 Å². The second-order valence-electron chi connectivity index (χ2n) is 3.36. The van der Waals surface area contributed by atoms with E-state index in [2.05, 4.69) is 29.1 Å². The van der Waals surface area contributed by atoms with E-state index in [1.54, 1.807) is 22.0 Å². The molecule has 0 saturated heterocycles. The third kappa shape index (κ3) is 1.43. The van der Waals surface area contributed by atoms with Crippen molar-refractivity contribution in [2.45, 2.75) is 6.92 Å². The highest BCUT2D eigenvalue weighted by atomic mass is 32.1. The minimum atomic E-state index is 0.888. The number of thiophene rings is 1. The molecule has 0 saturated carbocycles. The minimum Gasteiger partial charge on any atom is -0.237 e. The van der Waals surface area contributed by atoms with Crippen molar-refractivity contribution in [2.24, 2.45) is 0 Å². The van der Waals surface area contributed by atoms with E-state index in [9.17, 15) is 0 Å². The number of nitrogens with zero attached hydrogens (tertiary/aromatic N) is 3. The van der Waals surface area contributed by atoms with Crippen LogP contribution in [0.4, 0.5) is 0 Å². The van der Waals surface area contributed by atoms with Gasteiger partial charge in [0.05, 0.1) is 4.88 Å². The summed E-state index contributed by atoms with van der Waals surface area (Å²) in [5.41, 5.74) is 1.88. The number of aromatic nitrogens is 3. The van der Waals surface area contributed by atoms with Crippen LogP contribution < -0.4 is 0 Å². The van der Waals surface area contributed by atoms with E-state index in [1.165, 1.54) is 9.75 Å². The van der Waals surface area contributed by atoms with E-state index >= 15 is 0 Å². The predicted molar refractivity (Wildman–Crippen MR) is 61.0 cm³/mol. The normalized spacial score (nSPS) is 11.0. The van der Waals surface area contributed by atoms with Gasteiger partial charge in [-0.1, -0.05) is 0 Å². The molecule has 0 aliphatic heterocycles. The van der Waals surface area contributed by atoms with Gasteiger partial charge in [0, 0.05) is 23.3 Å². The van der Waals surface area contributed by atoms with Gasteiger partial charge in [0.25, 0.3) is 0 Å². The van der Waals surface area contributed by atoms with Crippen molar-refractivity contribution in [2.75, 3.05) is 0 Å². The molecule has 3 rings (SSSR count). The molecule has 3 heterocycles. The maximum atomic E-state index is 4.46. The van der Waals surface area contributed by atoms with Gasteiger partial charge in [-0.25, -0.2) is 9.50 Å². The Bertz CT molecular complexity index is 576. The molecule has 3 aromatic rings. The number of hydrogen-bond donors (Lipinski definition) is 0. The molecule has 0 unspecified atom stereocenters. The minimum absolute atomic E-state index is 0.888. The zero-order chi connectivity index (χ0) is 10.3. The van der Waals surface area contributed by atoms with Crippen LogP contribution in [-0.2, 0) is 0 Å². The summed E-state index contributed by atoms with van der Waals surface area (Å²) in [6.07, 6.45) is 3.69. The fourth-order valence-corrected chi connectivity index (χ4v) is 2.35. The summed E-state index contributed by atoms with van der Waals surface area (Å²) in [4.78, 5) is 6.73. The molecular formula is C11H9N3S. The van der Waals surface area contributed by atoms with E-state index in [-0.39, 0.29) is 0 Å². The number of rotatable bonds is 1. The summed E-state index contributed by atoms with van der Waals surface area (Å²) in [7, 11) is 0. The van der Waals surface area contributed by atoms with Crippen LogP contribution in [0.25, 0.3) is 16.2 Å². The Morgan fingerprint density at radius 3 is 3.00 bits per heavy atom. The van der Waals surface area contributed by atoms with Crippen LogP contribution in [0.5, 0.6) is 0 Å². The second-order valence-corrected chi connectivity index (χ2v) is 4.65. The van der Waals surface area contributed by atoms with E-state index in [0.717, 1.165) is 11.3 Å². The summed E-state index contributed by atoms with van der Waals surface area (Å²) < 4.78 is 1.80. The fraction of sp³-hybridized carbons (Fsp3) is 0.0909. The highest BCUT2D eigenvalue weighted by Crippen LogP contribution is 2.26. The van der Waals surface area contributed by atoms with E-state index in [0.29, 0.717) is 0 Å². The van der Waals surface area contributed by atoms with E-state index < -0.39 is 0 Å². The van der Waals surface area contributed by atoms with Gasteiger partial charge in [0.15, 0.2) is 5.65 Å². The first kappa shape index (κ1) is 8.61. The maximum absolute atomic E-state index is 4.46. The Labute approximate surface area is 91.0 Å². The monoisotopic (exact) mass is 215 g/mol. The Hall–Kier alpha value is -1.68. The summed E-state index contributed by atoms with van der Waals surface area (Å²) in [6, 6.07) is 8.09. The molecular weight excluding hydrogens is 206 g/mol. The first-order valence-corrected chi connectivity index (χ1v) is 5.52. The lowest BCUT2D eigenvalue weighted by Gasteiger charge is -1.87. The van der Waals surface area contributed by atoms with Crippen LogP contribution in [0.2, 0.25) is 0 Å². The second kappa shape index (κ2) is 3.17. The molecule has 74 valence electrons. The predicted octanol–water partition coefficient (Wildman–Crippen LogP) is 2.77. The Kier molecular flexibility index (Phi) is 1.82. The van der Waals surface area contributed by atoms with Gasteiger partial charge >= 0.3 is 0 Å². The number of hydrogen-bond acceptors (Lipinski definition) is 3. The maximum Gasteiger partial charge on any atom is 0.155 e. The molecule has 0 aromatic carbocycles. The van der Waals surface area contributed by atoms with Crippen LogP contribution >= 0.6 is 11.3 Å². The van der Waals surface area contributed by atoms with Crippen molar-refractivity contribution < 1.29 is 0 Å². The molecule has 3 nitrogen and oxygen atoms in total. The number of fused-ring (bicyclic) bond motifs is 1. The molecule has 0 spiro atoms. The summed E-state index contributed by atoms with van der Waals surface area (Å²) in [5, 5.41) is 4.46. The topological polar surface area (TPSA) is 30.2 Å². The molecule has 0 bridgehead atoms. The molecule has 0 fully saturated rings. The van der Waals surface area contributed by atoms with Crippen LogP contribution in [-0.4, -0.2) is 14.6 Å². The average Bonchev–Trinajstić information content (AvgIpc) is 2.82. The molecule has 4 heteroatoms. The molecule has 3 aromatic heterocycles. The number of aryl methyl sites for hydroxylation is 1. The lowest BCUT2D eigenvalue weighted by atomic mass is 10.3. The molecule has 15 heavy (non-hydrogen) atoms. The van der Waals surface area contributed by atoms with E-state index in [1.807, 2.05) is 18.3 Å². The van der Waals surface area contributed by atoms with Gasteiger partial charge in [-0.15, -0.1) is 11.3 Å². The smallest absolute Gasteiger partial charge is 0.155 e. The molecule has 0 amide bonds. The van der Waals surface area contributed by atoms with Gasteiger partial charge in [0.2, 0.25) is 0 Å². The fourth-order valence-electron chi connectivity index (χ4n) is 1.52. The van der Waals surface area contributed by atoms with E-state index in [4.69, 9.17) is 0 Å². The van der Waals surface area contributed by atoms with Crippen LogP contribution in [0.3, 0.4) is 0 Å². The van der Waals surface area contributed by atoms with Crippen molar-refractivity contribution in [3.8, 4) is 10.6 Å². The van der Waals surface area contributed by atoms with Crippen molar-refractivity contribution in [1.82, 2.24) is 14.6 Å². The molecule has 0 aliphatic carbocycles. The zero-order valence-corrected chi connectivity index (χ0v) is 9.03. The Morgan fingerprint density at radius 1 is 1.33 bits per heavy atom. The highest BCUT2D eigenvalue weighted by molar-refractivity contribution is 7.15. The SMILES string of the molecule is Cc1ccc(-c2cc3ncccn3n2)s1. The van der Waals surface area contributed by atoms with Crippen LogP contribution in [0, 0.1) is 6.92 Å².